The summed E-state index contributed by atoms with van der Waals surface area (Å²) in [6.07, 6.45) is 1.71. The minimum Gasteiger partial charge on any atom is -0.346 e. The number of carbonyl (C=O) groups is 1. The Labute approximate surface area is 94.1 Å². The van der Waals surface area contributed by atoms with Gasteiger partial charge in [-0.05, 0) is 24.3 Å². The van der Waals surface area contributed by atoms with E-state index in [0.29, 0.717) is 12.1 Å². The molecule has 16 heavy (non-hydrogen) atoms. The van der Waals surface area contributed by atoms with E-state index in [1.807, 2.05) is 36.4 Å². The standard InChI is InChI=1S/C13H12N2O/c16-13(11-6-2-1-3-7-11)15-10-12-8-4-5-9-14-12/h1-9H,10H2,(H,15,16). The first-order valence-corrected chi connectivity index (χ1v) is 5.09. The van der Waals surface area contributed by atoms with Crippen LogP contribution in [0.25, 0.3) is 0 Å². The molecular formula is C13H12N2O. The van der Waals surface area contributed by atoms with E-state index in [1.165, 1.54) is 0 Å². The molecule has 3 nitrogen and oxygen atoms in total. The van der Waals surface area contributed by atoms with Crippen molar-refractivity contribution in [2.24, 2.45) is 0 Å². The summed E-state index contributed by atoms with van der Waals surface area (Å²) in [5.74, 6) is -0.0775. The van der Waals surface area contributed by atoms with E-state index >= 15 is 0 Å². The van der Waals surface area contributed by atoms with Crippen LogP contribution in [-0.2, 0) is 6.54 Å². The first kappa shape index (κ1) is 10.4. The molecule has 1 aromatic carbocycles. The van der Waals surface area contributed by atoms with Crippen molar-refractivity contribution in [1.29, 1.82) is 0 Å². The lowest BCUT2D eigenvalue weighted by Crippen LogP contribution is -2.23. The monoisotopic (exact) mass is 212 g/mol. The summed E-state index contributed by atoms with van der Waals surface area (Å²) in [7, 11) is 0. The Bertz CT molecular complexity index is 454. The molecule has 0 saturated heterocycles. The summed E-state index contributed by atoms with van der Waals surface area (Å²) in [6.45, 7) is 0.453. The highest BCUT2D eigenvalue weighted by Crippen LogP contribution is 1.99. The molecule has 1 N–H and O–H groups in total. The first-order chi connectivity index (χ1) is 7.86. The number of aromatic nitrogens is 1. The van der Waals surface area contributed by atoms with Crippen LogP contribution in [0.5, 0.6) is 0 Å². The number of benzene rings is 1. The highest BCUT2D eigenvalue weighted by atomic mass is 16.1. The van der Waals surface area contributed by atoms with Crippen LogP contribution in [0.4, 0.5) is 0 Å². The van der Waals surface area contributed by atoms with E-state index in [2.05, 4.69) is 10.3 Å². The number of nitrogens with zero attached hydrogens (tertiary/aromatic N) is 1. The van der Waals surface area contributed by atoms with E-state index in [0.717, 1.165) is 5.69 Å². The van der Waals surface area contributed by atoms with E-state index in [-0.39, 0.29) is 5.91 Å². The van der Waals surface area contributed by atoms with Gasteiger partial charge in [-0.3, -0.25) is 9.78 Å². The quantitative estimate of drug-likeness (QED) is 0.845. The zero-order valence-corrected chi connectivity index (χ0v) is 8.76. The first-order valence-electron chi connectivity index (χ1n) is 5.09. The zero-order valence-electron chi connectivity index (χ0n) is 8.76. The Morgan fingerprint density at radius 3 is 2.50 bits per heavy atom. The fourth-order valence-corrected chi connectivity index (χ4v) is 1.37. The Kier molecular flexibility index (Phi) is 3.28. The summed E-state index contributed by atoms with van der Waals surface area (Å²) < 4.78 is 0. The van der Waals surface area contributed by atoms with Crippen LogP contribution in [0.3, 0.4) is 0 Å². The lowest BCUT2D eigenvalue weighted by Gasteiger charge is -2.04. The Hall–Kier alpha value is -2.16. The highest BCUT2D eigenvalue weighted by molar-refractivity contribution is 5.93. The predicted octanol–water partition coefficient (Wildman–Crippen LogP) is 2.01. The van der Waals surface area contributed by atoms with Crippen LogP contribution in [0.15, 0.2) is 54.7 Å². The van der Waals surface area contributed by atoms with Gasteiger partial charge in [0, 0.05) is 11.8 Å². The second-order valence-corrected chi connectivity index (χ2v) is 3.37. The summed E-state index contributed by atoms with van der Waals surface area (Å²) >= 11 is 0. The maximum atomic E-state index is 11.7. The van der Waals surface area contributed by atoms with Crippen molar-refractivity contribution in [3.05, 3.63) is 66.0 Å². The number of pyridine rings is 1. The number of amides is 1. The topological polar surface area (TPSA) is 42.0 Å². The number of hydrogen-bond donors (Lipinski definition) is 1. The summed E-state index contributed by atoms with van der Waals surface area (Å²) in [4.78, 5) is 15.8. The smallest absolute Gasteiger partial charge is 0.251 e. The van der Waals surface area contributed by atoms with Crippen LogP contribution in [0.1, 0.15) is 16.1 Å². The molecule has 0 bridgehead atoms. The molecule has 0 unspecified atom stereocenters. The van der Waals surface area contributed by atoms with Crippen LogP contribution in [0, 0.1) is 0 Å². The van der Waals surface area contributed by atoms with E-state index in [1.54, 1.807) is 18.3 Å². The summed E-state index contributed by atoms with van der Waals surface area (Å²) in [5.41, 5.74) is 1.52. The molecule has 1 amide bonds. The molecule has 0 radical (unpaired) electrons. The molecule has 0 spiro atoms. The molecule has 0 fully saturated rings. The average Bonchev–Trinajstić information content (AvgIpc) is 2.38. The third kappa shape index (κ3) is 2.67. The molecule has 3 heteroatoms. The molecule has 1 heterocycles. The van der Waals surface area contributed by atoms with Crippen molar-refractivity contribution in [2.45, 2.75) is 6.54 Å². The van der Waals surface area contributed by atoms with Crippen LogP contribution in [0.2, 0.25) is 0 Å². The molecule has 2 aromatic rings. The number of rotatable bonds is 3. The largest absolute Gasteiger partial charge is 0.346 e. The van der Waals surface area contributed by atoms with Gasteiger partial charge in [-0.25, -0.2) is 0 Å². The SMILES string of the molecule is O=C(NCc1ccccn1)c1ccccc1. The average molecular weight is 212 g/mol. The van der Waals surface area contributed by atoms with Gasteiger partial charge < -0.3 is 5.32 Å². The number of carbonyl (C=O) groups excluding carboxylic acids is 1. The second kappa shape index (κ2) is 5.07. The van der Waals surface area contributed by atoms with Crippen LogP contribution in [-0.4, -0.2) is 10.9 Å². The lowest BCUT2D eigenvalue weighted by atomic mass is 10.2. The summed E-state index contributed by atoms with van der Waals surface area (Å²) in [5, 5.41) is 2.81. The minimum atomic E-state index is -0.0775. The van der Waals surface area contributed by atoms with Gasteiger partial charge in [-0.2, -0.15) is 0 Å². The van der Waals surface area contributed by atoms with Gasteiger partial charge in [0.05, 0.1) is 12.2 Å². The Balaban J connectivity index is 1.95. The third-order valence-corrected chi connectivity index (χ3v) is 2.19. The van der Waals surface area contributed by atoms with Crippen molar-refractivity contribution < 1.29 is 4.79 Å². The van der Waals surface area contributed by atoms with E-state index in [4.69, 9.17) is 0 Å². The zero-order chi connectivity index (χ0) is 11.2. The molecule has 0 aliphatic rings. The Morgan fingerprint density at radius 2 is 1.81 bits per heavy atom. The predicted molar refractivity (Wildman–Crippen MR) is 61.8 cm³/mol. The van der Waals surface area contributed by atoms with E-state index < -0.39 is 0 Å². The molecular weight excluding hydrogens is 200 g/mol. The molecule has 0 aliphatic heterocycles. The van der Waals surface area contributed by atoms with Gasteiger partial charge in [0.15, 0.2) is 0 Å². The number of nitrogens with one attached hydrogen (secondary N) is 1. The van der Waals surface area contributed by atoms with Crippen LogP contribution < -0.4 is 5.32 Å². The maximum absolute atomic E-state index is 11.7. The van der Waals surface area contributed by atoms with Gasteiger partial charge in [0.1, 0.15) is 0 Å². The van der Waals surface area contributed by atoms with Gasteiger partial charge in [-0.1, -0.05) is 24.3 Å². The van der Waals surface area contributed by atoms with Crippen molar-refractivity contribution in [1.82, 2.24) is 10.3 Å². The molecule has 2 rings (SSSR count). The van der Waals surface area contributed by atoms with Gasteiger partial charge >= 0.3 is 0 Å². The maximum Gasteiger partial charge on any atom is 0.251 e. The van der Waals surface area contributed by atoms with Crippen molar-refractivity contribution >= 4 is 5.91 Å². The fraction of sp³-hybridized carbons (Fsp3) is 0.0769. The third-order valence-electron chi connectivity index (χ3n) is 2.19. The Morgan fingerprint density at radius 1 is 1.06 bits per heavy atom. The molecule has 0 aliphatic carbocycles. The minimum absolute atomic E-state index is 0.0775. The normalized spacial score (nSPS) is 9.75. The molecule has 1 aromatic heterocycles. The van der Waals surface area contributed by atoms with Gasteiger partial charge in [0.2, 0.25) is 0 Å². The second-order valence-electron chi connectivity index (χ2n) is 3.37. The van der Waals surface area contributed by atoms with Crippen molar-refractivity contribution in [3.8, 4) is 0 Å². The van der Waals surface area contributed by atoms with Crippen LogP contribution >= 0.6 is 0 Å². The molecule has 80 valence electrons. The fourth-order valence-electron chi connectivity index (χ4n) is 1.37. The summed E-state index contributed by atoms with van der Waals surface area (Å²) in [6, 6.07) is 14.8. The molecule has 0 saturated carbocycles. The number of hydrogen-bond acceptors (Lipinski definition) is 2. The molecule has 0 atom stereocenters. The van der Waals surface area contributed by atoms with Crippen molar-refractivity contribution in [3.63, 3.8) is 0 Å². The highest BCUT2D eigenvalue weighted by Gasteiger charge is 2.03. The van der Waals surface area contributed by atoms with Crippen molar-refractivity contribution in [2.75, 3.05) is 0 Å². The van der Waals surface area contributed by atoms with E-state index in [9.17, 15) is 4.79 Å². The lowest BCUT2D eigenvalue weighted by molar-refractivity contribution is 0.0950. The van der Waals surface area contributed by atoms with Gasteiger partial charge in [-0.15, -0.1) is 0 Å². The van der Waals surface area contributed by atoms with Gasteiger partial charge in [0.25, 0.3) is 5.91 Å².